The lowest BCUT2D eigenvalue weighted by Crippen LogP contribution is -2.41. The minimum absolute atomic E-state index is 0.125. The highest BCUT2D eigenvalue weighted by Gasteiger charge is 2.47. The van der Waals surface area contributed by atoms with Crippen LogP contribution < -0.4 is 9.64 Å². The largest absolute Gasteiger partial charge is 0.463 e. The Kier molecular flexibility index (Phi) is 8.11. The van der Waals surface area contributed by atoms with Crippen molar-refractivity contribution in [2.75, 3.05) is 65.0 Å². The fourth-order valence-corrected chi connectivity index (χ4v) is 8.21. The number of amides is 1. The molecule has 1 amide bonds. The van der Waals surface area contributed by atoms with Crippen molar-refractivity contribution in [1.29, 1.82) is 0 Å². The lowest BCUT2D eigenvalue weighted by Gasteiger charge is -2.37. The van der Waals surface area contributed by atoms with Crippen molar-refractivity contribution in [3.8, 4) is 6.01 Å². The zero-order valence-corrected chi connectivity index (χ0v) is 28.6. The van der Waals surface area contributed by atoms with E-state index in [1.807, 2.05) is 16.8 Å². The number of anilines is 1. The average molecular weight is 683 g/mol. The third-order valence-corrected chi connectivity index (χ3v) is 11.3. The van der Waals surface area contributed by atoms with E-state index in [1.54, 1.807) is 14.1 Å². The van der Waals surface area contributed by atoms with Gasteiger partial charge in [-0.2, -0.15) is 15.1 Å². The third-order valence-electron chi connectivity index (χ3n) is 10.6. The van der Waals surface area contributed by atoms with Gasteiger partial charge in [-0.05, 0) is 49.3 Å². The molecule has 2 aromatic heterocycles. The standard InChI is InChI=1S/C34H41Cl2N7O4/c1-40(2)31(44)29-28(36)27-18-42(11-4-12-43(27)39-29)30-23-19-47-34(8-7-22-24(34)5-3-6-25(22)35)17-26(23)37-32(38-30)46-21-33(9-10-33)20-41-13-15-45-16-14-41/h3,5-6H,4,7-21H2,1-2H3/t34-/m0/s1. The first kappa shape index (κ1) is 31.3. The summed E-state index contributed by atoms with van der Waals surface area (Å²) in [4.78, 5) is 29.2. The molecule has 1 aromatic carbocycles. The molecule has 11 nitrogen and oxygen atoms in total. The molecule has 1 atom stereocenters. The number of rotatable bonds is 7. The van der Waals surface area contributed by atoms with Crippen molar-refractivity contribution in [3.63, 3.8) is 0 Å². The zero-order valence-electron chi connectivity index (χ0n) is 27.1. The minimum atomic E-state index is -0.480. The van der Waals surface area contributed by atoms with E-state index in [0.717, 1.165) is 105 Å². The molecule has 1 saturated heterocycles. The minimum Gasteiger partial charge on any atom is -0.463 e. The van der Waals surface area contributed by atoms with Gasteiger partial charge in [-0.15, -0.1) is 0 Å². The fraction of sp³-hybridized carbons (Fsp3) is 0.588. The fourth-order valence-electron chi connectivity index (χ4n) is 7.67. The van der Waals surface area contributed by atoms with Gasteiger partial charge in [0.2, 0.25) is 0 Å². The summed E-state index contributed by atoms with van der Waals surface area (Å²) in [6.45, 7) is 7.32. The number of hydrogen-bond donors (Lipinski definition) is 0. The van der Waals surface area contributed by atoms with Crippen molar-refractivity contribution in [1.82, 2.24) is 29.5 Å². The second-order valence-corrected chi connectivity index (χ2v) is 14.8. The third kappa shape index (κ3) is 5.77. The van der Waals surface area contributed by atoms with Gasteiger partial charge in [-0.3, -0.25) is 14.4 Å². The van der Waals surface area contributed by atoms with Crippen LogP contribution in [0.1, 0.15) is 64.2 Å². The number of ether oxygens (including phenoxy) is 3. The molecule has 8 rings (SSSR count). The first-order valence-corrected chi connectivity index (χ1v) is 17.5. The molecule has 0 N–H and O–H groups in total. The normalized spacial score (nSPS) is 23.2. The zero-order chi connectivity index (χ0) is 32.3. The number of benzene rings is 1. The Balaban J connectivity index is 1.13. The van der Waals surface area contributed by atoms with Gasteiger partial charge >= 0.3 is 6.01 Å². The number of halogens is 2. The molecule has 2 fully saturated rings. The molecule has 0 radical (unpaired) electrons. The molecule has 5 aliphatic rings. The Morgan fingerprint density at radius 1 is 1.06 bits per heavy atom. The van der Waals surface area contributed by atoms with Gasteiger partial charge in [-0.1, -0.05) is 35.3 Å². The Morgan fingerprint density at radius 3 is 2.68 bits per heavy atom. The van der Waals surface area contributed by atoms with Crippen molar-refractivity contribution in [3.05, 3.63) is 62.0 Å². The molecule has 250 valence electrons. The van der Waals surface area contributed by atoms with E-state index in [0.29, 0.717) is 43.8 Å². The van der Waals surface area contributed by atoms with E-state index in [1.165, 1.54) is 10.5 Å². The summed E-state index contributed by atoms with van der Waals surface area (Å²) in [7, 11) is 3.42. The predicted molar refractivity (Wildman–Crippen MR) is 177 cm³/mol. The quantitative estimate of drug-likeness (QED) is 0.357. The van der Waals surface area contributed by atoms with Crippen LogP contribution in [-0.2, 0) is 47.6 Å². The summed E-state index contributed by atoms with van der Waals surface area (Å²) in [6.07, 6.45) is 5.44. The predicted octanol–water partition coefficient (Wildman–Crippen LogP) is 4.50. The number of morpholine rings is 1. The summed E-state index contributed by atoms with van der Waals surface area (Å²) >= 11 is 13.5. The number of aryl methyl sites for hydroxylation is 1. The molecule has 2 aliphatic carbocycles. The van der Waals surface area contributed by atoms with E-state index < -0.39 is 5.60 Å². The number of nitrogens with zero attached hydrogens (tertiary/aromatic N) is 7. The van der Waals surface area contributed by atoms with Crippen LogP contribution in [0.15, 0.2) is 18.2 Å². The van der Waals surface area contributed by atoms with Crippen LogP contribution in [-0.4, -0.2) is 95.6 Å². The highest BCUT2D eigenvalue weighted by Crippen LogP contribution is 2.50. The van der Waals surface area contributed by atoms with E-state index in [-0.39, 0.29) is 17.0 Å². The van der Waals surface area contributed by atoms with E-state index in [9.17, 15) is 4.79 Å². The van der Waals surface area contributed by atoms with Gasteiger partial charge in [0.25, 0.3) is 5.91 Å². The second kappa shape index (κ2) is 12.2. The topological polar surface area (TPSA) is 98.1 Å². The highest BCUT2D eigenvalue weighted by molar-refractivity contribution is 6.34. The van der Waals surface area contributed by atoms with Crippen molar-refractivity contribution in [2.24, 2.45) is 5.41 Å². The first-order chi connectivity index (χ1) is 22.7. The van der Waals surface area contributed by atoms with Gasteiger partial charge in [0.1, 0.15) is 5.82 Å². The highest BCUT2D eigenvalue weighted by atomic mass is 35.5. The Labute approximate surface area is 285 Å². The molecule has 0 unspecified atom stereocenters. The number of aromatic nitrogens is 4. The number of carbonyl (C=O) groups is 1. The number of fused-ring (bicyclic) bond motifs is 4. The van der Waals surface area contributed by atoms with Crippen LogP contribution in [0, 0.1) is 5.41 Å². The van der Waals surface area contributed by atoms with Crippen molar-refractivity contribution < 1.29 is 19.0 Å². The summed E-state index contributed by atoms with van der Waals surface area (Å²) in [5.41, 5.74) is 4.98. The maximum atomic E-state index is 12.9. The SMILES string of the molecule is CN(C)C(=O)c1nn2c(c1Cl)CN(c1nc(OCC3(CN4CCOCC4)CC3)nc3c1CO[C@@]1(CCc4c(Cl)cccc41)C3)CCC2. The molecular weight excluding hydrogens is 641 g/mol. The summed E-state index contributed by atoms with van der Waals surface area (Å²) in [5, 5.41) is 5.80. The Morgan fingerprint density at radius 2 is 1.89 bits per heavy atom. The summed E-state index contributed by atoms with van der Waals surface area (Å²) < 4.78 is 20.8. The first-order valence-electron chi connectivity index (χ1n) is 16.7. The van der Waals surface area contributed by atoms with Crippen molar-refractivity contribution in [2.45, 2.75) is 63.8 Å². The lowest BCUT2D eigenvalue weighted by atomic mass is 9.87. The van der Waals surface area contributed by atoms with Crippen LogP contribution in [0.4, 0.5) is 5.82 Å². The van der Waals surface area contributed by atoms with Gasteiger partial charge in [0.15, 0.2) is 5.69 Å². The van der Waals surface area contributed by atoms with Gasteiger partial charge in [0, 0.05) is 69.2 Å². The van der Waals surface area contributed by atoms with Crippen LogP contribution in [0.5, 0.6) is 6.01 Å². The van der Waals surface area contributed by atoms with Gasteiger partial charge in [0.05, 0.1) is 55.0 Å². The van der Waals surface area contributed by atoms with E-state index in [4.69, 9.17) is 47.4 Å². The summed E-state index contributed by atoms with van der Waals surface area (Å²) in [6, 6.07) is 6.52. The van der Waals surface area contributed by atoms with Crippen molar-refractivity contribution >= 4 is 34.9 Å². The summed E-state index contributed by atoms with van der Waals surface area (Å²) in [5.74, 6) is 0.590. The van der Waals surface area contributed by atoms with Crippen LogP contribution in [0.3, 0.4) is 0 Å². The van der Waals surface area contributed by atoms with Gasteiger partial charge < -0.3 is 24.0 Å². The van der Waals surface area contributed by atoms with E-state index >= 15 is 0 Å². The lowest BCUT2D eigenvalue weighted by molar-refractivity contribution is -0.0730. The molecule has 1 spiro atoms. The molecule has 3 aliphatic heterocycles. The van der Waals surface area contributed by atoms with Crippen LogP contribution >= 0.6 is 23.2 Å². The average Bonchev–Trinajstić information content (AvgIpc) is 3.72. The Hall–Kier alpha value is -2.96. The molecule has 47 heavy (non-hydrogen) atoms. The maximum Gasteiger partial charge on any atom is 0.318 e. The smallest absolute Gasteiger partial charge is 0.318 e. The molecule has 0 bridgehead atoms. The molecule has 1 saturated carbocycles. The van der Waals surface area contributed by atoms with E-state index in [2.05, 4.69) is 21.0 Å². The molecule has 5 heterocycles. The number of carbonyl (C=O) groups excluding carboxylic acids is 1. The molecular formula is C34H41Cl2N7O4. The monoisotopic (exact) mass is 681 g/mol. The maximum absolute atomic E-state index is 12.9. The van der Waals surface area contributed by atoms with Crippen LogP contribution in [0.25, 0.3) is 0 Å². The van der Waals surface area contributed by atoms with Gasteiger partial charge in [-0.25, -0.2) is 0 Å². The Bertz CT molecular complexity index is 1700. The van der Waals surface area contributed by atoms with Crippen LogP contribution in [0.2, 0.25) is 10.0 Å². The number of hydrogen-bond acceptors (Lipinski definition) is 9. The second-order valence-electron chi connectivity index (χ2n) is 14.0. The molecule has 3 aromatic rings. The molecule has 13 heteroatoms.